The van der Waals surface area contributed by atoms with Crippen LogP contribution in [0.2, 0.25) is 0 Å². The molecule has 2 aliphatic rings. The van der Waals surface area contributed by atoms with E-state index < -0.39 is 0 Å². The summed E-state index contributed by atoms with van der Waals surface area (Å²) in [6.07, 6.45) is 2.44. The maximum Gasteiger partial charge on any atom is 0.123 e. The zero-order chi connectivity index (χ0) is 8.89. The van der Waals surface area contributed by atoms with Crippen LogP contribution in [0, 0.1) is 5.82 Å². The Kier molecular flexibility index (Phi) is 1.34. The largest absolute Gasteiger partial charge is 0.312 e. The first-order valence-electron chi connectivity index (χ1n) is 4.80. The molecule has 1 spiro atoms. The number of rotatable bonds is 0. The predicted molar refractivity (Wildman–Crippen MR) is 49.0 cm³/mol. The van der Waals surface area contributed by atoms with Crippen molar-refractivity contribution in [1.29, 1.82) is 0 Å². The smallest absolute Gasteiger partial charge is 0.123 e. The van der Waals surface area contributed by atoms with Crippen molar-refractivity contribution in [2.45, 2.75) is 24.8 Å². The van der Waals surface area contributed by atoms with Crippen LogP contribution in [0.25, 0.3) is 0 Å². The van der Waals surface area contributed by atoms with E-state index in [2.05, 4.69) is 5.32 Å². The standard InChI is InChI=1S/C11H12FN/c12-9-2-1-8-6-13-7-11(3-4-11)10(8)5-9/h1-2,5,13H,3-4,6-7H2. The van der Waals surface area contributed by atoms with E-state index in [1.165, 1.54) is 24.0 Å². The van der Waals surface area contributed by atoms with Gasteiger partial charge in [0.05, 0.1) is 0 Å². The first-order valence-corrected chi connectivity index (χ1v) is 4.80. The van der Waals surface area contributed by atoms with E-state index in [1.807, 2.05) is 6.07 Å². The fourth-order valence-corrected chi connectivity index (χ4v) is 2.33. The van der Waals surface area contributed by atoms with Crippen LogP contribution in [-0.2, 0) is 12.0 Å². The Morgan fingerprint density at radius 1 is 1.31 bits per heavy atom. The van der Waals surface area contributed by atoms with Gasteiger partial charge in [-0.3, -0.25) is 0 Å². The zero-order valence-electron chi connectivity index (χ0n) is 7.44. The van der Waals surface area contributed by atoms with Crippen LogP contribution >= 0.6 is 0 Å². The highest BCUT2D eigenvalue weighted by Gasteiger charge is 2.46. The van der Waals surface area contributed by atoms with Crippen LogP contribution in [0.4, 0.5) is 4.39 Å². The highest BCUT2D eigenvalue weighted by atomic mass is 19.1. The number of fused-ring (bicyclic) bond motifs is 2. The third-order valence-corrected chi connectivity index (χ3v) is 3.28. The van der Waals surface area contributed by atoms with Crippen molar-refractivity contribution >= 4 is 0 Å². The minimum Gasteiger partial charge on any atom is -0.312 e. The molecule has 0 amide bonds. The van der Waals surface area contributed by atoms with E-state index in [1.54, 1.807) is 12.1 Å². The number of hydrogen-bond acceptors (Lipinski definition) is 1. The molecule has 3 rings (SSSR count). The number of halogens is 1. The van der Waals surface area contributed by atoms with Crippen molar-refractivity contribution in [3.8, 4) is 0 Å². The maximum atomic E-state index is 13.0. The van der Waals surface area contributed by atoms with Gasteiger partial charge in [-0.2, -0.15) is 0 Å². The first-order chi connectivity index (χ1) is 6.30. The van der Waals surface area contributed by atoms with Crippen molar-refractivity contribution < 1.29 is 4.39 Å². The Bertz CT molecular complexity index is 355. The second kappa shape index (κ2) is 2.32. The average Bonchev–Trinajstić information content (AvgIpc) is 2.88. The van der Waals surface area contributed by atoms with Gasteiger partial charge in [0.2, 0.25) is 0 Å². The summed E-state index contributed by atoms with van der Waals surface area (Å²) in [6, 6.07) is 5.20. The van der Waals surface area contributed by atoms with Crippen LogP contribution in [0.3, 0.4) is 0 Å². The molecule has 1 saturated carbocycles. The molecule has 1 aliphatic heterocycles. The normalized spacial score (nSPS) is 22.8. The van der Waals surface area contributed by atoms with Crippen LogP contribution in [-0.4, -0.2) is 6.54 Å². The van der Waals surface area contributed by atoms with Gasteiger partial charge < -0.3 is 5.32 Å². The van der Waals surface area contributed by atoms with Gasteiger partial charge in [-0.25, -0.2) is 4.39 Å². The van der Waals surface area contributed by atoms with Crippen molar-refractivity contribution in [1.82, 2.24) is 5.32 Å². The van der Waals surface area contributed by atoms with Crippen LogP contribution < -0.4 is 5.32 Å². The van der Waals surface area contributed by atoms with Gasteiger partial charge in [-0.1, -0.05) is 6.07 Å². The average molecular weight is 177 g/mol. The first kappa shape index (κ1) is 7.51. The highest BCUT2D eigenvalue weighted by molar-refractivity contribution is 5.41. The molecule has 0 aromatic heterocycles. The molecular formula is C11H12FN. The molecule has 2 heteroatoms. The SMILES string of the molecule is Fc1ccc2c(c1)C1(CC1)CNC2. The molecule has 1 aromatic carbocycles. The lowest BCUT2D eigenvalue weighted by Crippen LogP contribution is -2.33. The van der Waals surface area contributed by atoms with Gasteiger partial charge in [0.25, 0.3) is 0 Å². The van der Waals surface area contributed by atoms with Gasteiger partial charge in [-0.15, -0.1) is 0 Å². The van der Waals surface area contributed by atoms with Gasteiger partial charge in [-0.05, 0) is 36.1 Å². The Morgan fingerprint density at radius 3 is 2.92 bits per heavy atom. The minimum absolute atomic E-state index is 0.0908. The zero-order valence-corrected chi connectivity index (χ0v) is 7.44. The lowest BCUT2D eigenvalue weighted by Gasteiger charge is -2.26. The van der Waals surface area contributed by atoms with Crippen LogP contribution in [0.1, 0.15) is 24.0 Å². The van der Waals surface area contributed by atoms with E-state index in [-0.39, 0.29) is 5.82 Å². The summed E-state index contributed by atoms with van der Waals surface area (Å²) in [5.41, 5.74) is 2.84. The van der Waals surface area contributed by atoms with Crippen molar-refractivity contribution in [3.05, 3.63) is 35.1 Å². The van der Waals surface area contributed by atoms with E-state index in [0.717, 1.165) is 13.1 Å². The monoisotopic (exact) mass is 177 g/mol. The molecule has 68 valence electrons. The Balaban J connectivity index is 2.16. The highest BCUT2D eigenvalue weighted by Crippen LogP contribution is 2.50. The summed E-state index contributed by atoms with van der Waals surface area (Å²) in [7, 11) is 0. The van der Waals surface area contributed by atoms with Gasteiger partial charge >= 0.3 is 0 Å². The minimum atomic E-state index is -0.0908. The topological polar surface area (TPSA) is 12.0 Å². The second-order valence-electron chi connectivity index (χ2n) is 4.19. The molecule has 1 N–H and O–H groups in total. The molecule has 13 heavy (non-hydrogen) atoms. The molecule has 0 bridgehead atoms. The Hall–Kier alpha value is -0.890. The molecule has 1 aliphatic carbocycles. The molecule has 0 saturated heterocycles. The lowest BCUT2D eigenvalue weighted by atomic mass is 9.88. The summed E-state index contributed by atoms with van der Waals surface area (Å²) < 4.78 is 13.0. The van der Waals surface area contributed by atoms with Crippen LogP contribution in [0.15, 0.2) is 18.2 Å². The summed E-state index contributed by atoms with van der Waals surface area (Å²) in [5.74, 6) is -0.0908. The third kappa shape index (κ3) is 1.02. The van der Waals surface area contributed by atoms with Crippen molar-refractivity contribution in [2.24, 2.45) is 0 Å². The van der Waals surface area contributed by atoms with Gasteiger partial charge in [0.1, 0.15) is 5.82 Å². The van der Waals surface area contributed by atoms with E-state index in [4.69, 9.17) is 0 Å². The molecule has 0 atom stereocenters. The van der Waals surface area contributed by atoms with Crippen molar-refractivity contribution in [3.63, 3.8) is 0 Å². The summed E-state index contributed by atoms with van der Waals surface area (Å²) in [6.45, 7) is 1.93. The molecule has 1 nitrogen and oxygen atoms in total. The summed E-state index contributed by atoms with van der Waals surface area (Å²) in [5, 5.41) is 3.39. The van der Waals surface area contributed by atoms with Gasteiger partial charge in [0, 0.05) is 18.5 Å². The quantitative estimate of drug-likeness (QED) is 0.638. The number of nitrogens with one attached hydrogen (secondary N) is 1. The summed E-state index contributed by atoms with van der Waals surface area (Å²) >= 11 is 0. The van der Waals surface area contributed by atoms with E-state index in [9.17, 15) is 4.39 Å². The summed E-state index contributed by atoms with van der Waals surface area (Å²) in [4.78, 5) is 0. The molecular weight excluding hydrogens is 165 g/mol. The van der Waals surface area contributed by atoms with E-state index in [0.29, 0.717) is 5.41 Å². The lowest BCUT2D eigenvalue weighted by molar-refractivity contribution is 0.523. The van der Waals surface area contributed by atoms with Gasteiger partial charge in [0.15, 0.2) is 0 Å². The number of benzene rings is 1. The fourth-order valence-electron chi connectivity index (χ4n) is 2.33. The molecule has 1 heterocycles. The maximum absolute atomic E-state index is 13.0. The molecule has 1 fully saturated rings. The Labute approximate surface area is 77.0 Å². The fraction of sp³-hybridized carbons (Fsp3) is 0.455. The number of hydrogen-bond donors (Lipinski definition) is 1. The molecule has 0 unspecified atom stereocenters. The third-order valence-electron chi connectivity index (χ3n) is 3.28. The van der Waals surface area contributed by atoms with Crippen LogP contribution in [0.5, 0.6) is 0 Å². The molecule has 1 aromatic rings. The van der Waals surface area contributed by atoms with Crippen molar-refractivity contribution in [2.75, 3.05) is 6.54 Å². The second-order valence-corrected chi connectivity index (χ2v) is 4.19. The Morgan fingerprint density at radius 2 is 2.15 bits per heavy atom. The van der Waals surface area contributed by atoms with E-state index >= 15 is 0 Å². The molecule has 0 radical (unpaired) electrons. The predicted octanol–water partition coefficient (Wildman–Crippen LogP) is 1.96.